The van der Waals surface area contributed by atoms with Crippen molar-refractivity contribution in [3.63, 3.8) is 0 Å². The Kier molecular flexibility index (Phi) is 12.1. The Labute approximate surface area is 302 Å². The van der Waals surface area contributed by atoms with Gasteiger partial charge in [0.25, 0.3) is 10.0 Å². The minimum absolute atomic E-state index is 0.0393. The molecule has 2 amide bonds. The van der Waals surface area contributed by atoms with Gasteiger partial charge in [0.2, 0.25) is 11.8 Å². The lowest BCUT2D eigenvalue weighted by atomic mass is 10.0. The molecule has 0 aromatic heterocycles. The SMILES string of the molecule is Cc1ccc(S(=O)(=O)N(CC(=O)N(Cc2cccc(Br)c2)C(Cc2ccccc2)C(=O)NC(C)C)c2ccc(Oc3ccccc3)cc2)cc1. The third kappa shape index (κ3) is 9.61. The minimum Gasteiger partial charge on any atom is -0.457 e. The van der Waals surface area contributed by atoms with Gasteiger partial charge < -0.3 is 15.0 Å². The first kappa shape index (κ1) is 36.4. The molecule has 5 rings (SSSR count). The van der Waals surface area contributed by atoms with Gasteiger partial charge in [-0.3, -0.25) is 13.9 Å². The third-order valence-electron chi connectivity index (χ3n) is 7.94. The van der Waals surface area contributed by atoms with Gasteiger partial charge in [0, 0.05) is 23.5 Å². The van der Waals surface area contributed by atoms with E-state index in [0.717, 1.165) is 25.5 Å². The van der Waals surface area contributed by atoms with E-state index in [-0.39, 0.29) is 35.5 Å². The first-order valence-corrected chi connectivity index (χ1v) is 18.5. The summed E-state index contributed by atoms with van der Waals surface area (Å²) in [7, 11) is -4.24. The molecule has 0 spiro atoms. The lowest BCUT2D eigenvalue weighted by molar-refractivity contribution is -0.140. The highest BCUT2D eigenvalue weighted by atomic mass is 79.9. The van der Waals surface area contributed by atoms with Crippen LogP contribution in [-0.2, 0) is 32.6 Å². The largest absolute Gasteiger partial charge is 0.457 e. The Morgan fingerprint density at radius 1 is 0.760 bits per heavy atom. The van der Waals surface area contributed by atoms with Crippen molar-refractivity contribution in [3.05, 3.63) is 155 Å². The summed E-state index contributed by atoms with van der Waals surface area (Å²) in [6.45, 7) is 5.11. The standard InChI is InChI=1S/C40H40BrN3O5S/c1-29(2)42-40(46)38(26-31-11-6-4-7-12-31)43(27-32-13-10-14-33(41)25-32)39(45)28-44(50(47,48)37-23-17-30(3)18-24-37)34-19-21-36(22-20-34)49-35-15-8-5-9-16-35/h4-25,29,38H,26-28H2,1-3H3,(H,42,46). The lowest BCUT2D eigenvalue weighted by Crippen LogP contribution is -2.54. The number of nitrogens with zero attached hydrogens (tertiary/aromatic N) is 2. The number of rotatable bonds is 14. The number of anilines is 1. The molecular formula is C40H40BrN3O5S. The molecule has 5 aromatic rings. The van der Waals surface area contributed by atoms with Gasteiger partial charge in [0.05, 0.1) is 10.6 Å². The number of hydrogen-bond donors (Lipinski definition) is 1. The molecule has 0 aliphatic rings. The quantitative estimate of drug-likeness (QED) is 0.124. The van der Waals surface area contributed by atoms with Crippen LogP contribution in [0, 0.1) is 6.92 Å². The predicted octanol–water partition coefficient (Wildman–Crippen LogP) is 7.91. The number of nitrogens with one attached hydrogen (secondary N) is 1. The molecule has 0 aliphatic carbocycles. The number of ether oxygens (including phenoxy) is 1. The van der Waals surface area contributed by atoms with Crippen LogP contribution in [0.3, 0.4) is 0 Å². The van der Waals surface area contributed by atoms with E-state index in [9.17, 15) is 18.0 Å². The van der Waals surface area contributed by atoms with Crippen molar-refractivity contribution >= 4 is 43.5 Å². The number of amides is 2. The number of sulfonamides is 1. The van der Waals surface area contributed by atoms with Crippen LogP contribution in [-0.4, -0.2) is 43.8 Å². The molecule has 8 nitrogen and oxygen atoms in total. The lowest BCUT2D eigenvalue weighted by Gasteiger charge is -2.34. The molecule has 0 radical (unpaired) electrons. The highest BCUT2D eigenvalue weighted by Crippen LogP contribution is 2.29. The van der Waals surface area contributed by atoms with Crippen molar-refractivity contribution in [2.24, 2.45) is 0 Å². The van der Waals surface area contributed by atoms with Gasteiger partial charge in [0.1, 0.15) is 24.1 Å². The Morgan fingerprint density at radius 2 is 1.36 bits per heavy atom. The first-order valence-electron chi connectivity index (χ1n) is 16.3. The number of carbonyl (C=O) groups excluding carboxylic acids is 2. The van der Waals surface area contributed by atoms with Gasteiger partial charge >= 0.3 is 0 Å². The second-order valence-corrected chi connectivity index (χ2v) is 15.0. The fourth-order valence-corrected chi connectivity index (χ4v) is 7.30. The number of para-hydroxylation sites is 1. The monoisotopic (exact) mass is 753 g/mol. The summed E-state index contributed by atoms with van der Waals surface area (Å²) < 4.78 is 36.6. The van der Waals surface area contributed by atoms with Crippen LogP contribution in [0.15, 0.2) is 143 Å². The number of carbonyl (C=O) groups is 2. The summed E-state index contributed by atoms with van der Waals surface area (Å²) in [5.41, 5.74) is 2.81. The van der Waals surface area contributed by atoms with Crippen LogP contribution >= 0.6 is 15.9 Å². The number of benzene rings is 5. The summed E-state index contributed by atoms with van der Waals surface area (Å²) in [6, 6.07) is 38.1. The minimum atomic E-state index is -4.24. The fraction of sp³-hybridized carbons (Fsp3) is 0.200. The van der Waals surface area contributed by atoms with E-state index in [1.807, 2.05) is 106 Å². The van der Waals surface area contributed by atoms with Gasteiger partial charge in [0.15, 0.2) is 0 Å². The van der Waals surface area contributed by atoms with Crippen molar-refractivity contribution < 1.29 is 22.7 Å². The van der Waals surface area contributed by atoms with Crippen LogP contribution in [0.2, 0.25) is 0 Å². The van der Waals surface area contributed by atoms with Crippen molar-refractivity contribution in [2.45, 2.75) is 50.7 Å². The average Bonchev–Trinajstić information content (AvgIpc) is 3.10. The van der Waals surface area contributed by atoms with E-state index >= 15 is 0 Å². The van der Waals surface area contributed by atoms with Gasteiger partial charge in [-0.15, -0.1) is 0 Å². The zero-order valence-corrected chi connectivity index (χ0v) is 30.6. The van der Waals surface area contributed by atoms with Gasteiger partial charge in [-0.05, 0) is 92.6 Å². The van der Waals surface area contributed by atoms with Crippen LogP contribution in [0.4, 0.5) is 5.69 Å². The molecule has 1 atom stereocenters. The van der Waals surface area contributed by atoms with E-state index in [4.69, 9.17) is 4.74 Å². The predicted molar refractivity (Wildman–Crippen MR) is 201 cm³/mol. The molecule has 0 fully saturated rings. The van der Waals surface area contributed by atoms with Crippen molar-refractivity contribution in [1.82, 2.24) is 10.2 Å². The molecule has 1 unspecified atom stereocenters. The van der Waals surface area contributed by atoms with E-state index < -0.39 is 28.5 Å². The Morgan fingerprint density at radius 3 is 1.98 bits per heavy atom. The second-order valence-electron chi connectivity index (χ2n) is 12.3. The van der Waals surface area contributed by atoms with E-state index in [1.165, 1.54) is 17.0 Å². The maximum atomic E-state index is 14.7. The first-order chi connectivity index (χ1) is 24.0. The Bertz CT molecular complexity index is 1990. The number of hydrogen-bond acceptors (Lipinski definition) is 5. The highest BCUT2D eigenvalue weighted by Gasteiger charge is 2.35. The number of halogens is 1. The van der Waals surface area contributed by atoms with Crippen molar-refractivity contribution in [1.29, 1.82) is 0 Å². The molecule has 0 aliphatic heterocycles. The topological polar surface area (TPSA) is 96.0 Å². The molecule has 10 heteroatoms. The Hall–Kier alpha value is -4.93. The molecule has 1 N–H and O–H groups in total. The van der Waals surface area contributed by atoms with Crippen LogP contribution in [0.5, 0.6) is 11.5 Å². The highest BCUT2D eigenvalue weighted by molar-refractivity contribution is 9.10. The van der Waals surface area contributed by atoms with Gasteiger partial charge in [-0.1, -0.05) is 94.3 Å². The molecule has 0 bridgehead atoms. The maximum Gasteiger partial charge on any atom is 0.264 e. The van der Waals surface area contributed by atoms with Crippen molar-refractivity contribution in [3.8, 4) is 11.5 Å². The van der Waals surface area contributed by atoms with Crippen LogP contribution in [0.25, 0.3) is 0 Å². The Balaban J connectivity index is 1.56. The van der Waals surface area contributed by atoms with Crippen molar-refractivity contribution in [2.75, 3.05) is 10.8 Å². The molecule has 50 heavy (non-hydrogen) atoms. The van der Waals surface area contributed by atoms with Crippen LogP contribution in [0.1, 0.15) is 30.5 Å². The zero-order valence-electron chi connectivity index (χ0n) is 28.2. The molecule has 5 aromatic carbocycles. The summed E-state index contributed by atoms with van der Waals surface area (Å²) in [5.74, 6) is 0.267. The van der Waals surface area contributed by atoms with E-state index in [2.05, 4.69) is 21.2 Å². The average molecular weight is 755 g/mol. The van der Waals surface area contributed by atoms with E-state index in [0.29, 0.717) is 11.5 Å². The maximum absolute atomic E-state index is 14.7. The summed E-state index contributed by atoms with van der Waals surface area (Å²) in [6.07, 6.45) is 0.232. The molecule has 0 heterocycles. The zero-order chi connectivity index (χ0) is 35.7. The van der Waals surface area contributed by atoms with Gasteiger partial charge in [-0.2, -0.15) is 0 Å². The summed E-state index contributed by atoms with van der Waals surface area (Å²) in [4.78, 5) is 30.1. The molecule has 0 saturated carbocycles. The normalized spacial score (nSPS) is 11.9. The number of aryl methyl sites for hydroxylation is 1. The fourth-order valence-electron chi connectivity index (χ4n) is 5.44. The molecule has 258 valence electrons. The second kappa shape index (κ2) is 16.7. The van der Waals surface area contributed by atoms with E-state index in [1.54, 1.807) is 36.4 Å². The van der Waals surface area contributed by atoms with Crippen LogP contribution < -0.4 is 14.4 Å². The summed E-state index contributed by atoms with van der Waals surface area (Å²) in [5, 5.41) is 2.98. The molecule has 0 saturated heterocycles. The summed E-state index contributed by atoms with van der Waals surface area (Å²) >= 11 is 3.52. The molecular weight excluding hydrogens is 714 g/mol. The van der Waals surface area contributed by atoms with Gasteiger partial charge in [-0.25, -0.2) is 8.42 Å². The third-order valence-corrected chi connectivity index (χ3v) is 10.2. The smallest absolute Gasteiger partial charge is 0.264 e.